The third-order valence-electron chi connectivity index (χ3n) is 3.45. The van der Waals surface area contributed by atoms with E-state index in [-0.39, 0.29) is 6.61 Å². The van der Waals surface area contributed by atoms with Gasteiger partial charge in [0, 0.05) is 11.0 Å². The number of benzene rings is 1. The Morgan fingerprint density at radius 2 is 1.70 bits per heavy atom. The lowest BCUT2D eigenvalue weighted by atomic mass is 9.88. The maximum Gasteiger partial charge on any atom is 0.111 e. The van der Waals surface area contributed by atoms with Crippen LogP contribution in [0.4, 0.5) is 0 Å². The number of hydrogen-bond acceptors (Lipinski definition) is 5. The van der Waals surface area contributed by atoms with Gasteiger partial charge in [0.15, 0.2) is 0 Å². The maximum atomic E-state index is 9.94. The van der Waals surface area contributed by atoms with Crippen LogP contribution in [0.1, 0.15) is 5.56 Å². The van der Waals surface area contributed by atoms with Crippen molar-refractivity contribution in [2.75, 3.05) is 6.61 Å². The summed E-state index contributed by atoms with van der Waals surface area (Å²) in [6, 6.07) is 7.20. The Kier molecular flexibility index (Phi) is 5.31. The van der Waals surface area contributed by atoms with Gasteiger partial charge >= 0.3 is 0 Å². The first kappa shape index (κ1) is 15.6. The van der Waals surface area contributed by atoms with E-state index in [1.807, 2.05) is 24.3 Å². The molecule has 4 unspecified atom stereocenters. The summed E-state index contributed by atoms with van der Waals surface area (Å²) < 4.78 is 0.986. The highest BCUT2D eigenvalue weighted by molar-refractivity contribution is 9.10. The second kappa shape index (κ2) is 6.80. The molecule has 1 aliphatic carbocycles. The zero-order valence-electron chi connectivity index (χ0n) is 10.8. The Morgan fingerprint density at radius 1 is 1.05 bits per heavy atom. The van der Waals surface area contributed by atoms with E-state index in [9.17, 15) is 15.3 Å². The Balaban J connectivity index is 2.04. The number of nitrogens with one attached hydrogen (secondary N) is 1. The van der Waals surface area contributed by atoms with Gasteiger partial charge in [-0.15, -0.1) is 0 Å². The highest BCUT2D eigenvalue weighted by Gasteiger charge is 2.36. The van der Waals surface area contributed by atoms with E-state index in [1.54, 1.807) is 6.08 Å². The minimum Gasteiger partial charge on any atom is -0.392 e. The summed E-state index contributed by atoms with van der Waals surface area (Å²) in [7, 11) is 0. The number of halogens is 1. The SMILES string of the molecule is OCC1=CC(NCc2ccc(Br)cc2)C(O)C(O)C1O. The van der Waals surface area contributed by atoms with Gasteiger partial charge in [0.05, 0.1) is 12.6 Å². The summed E-state index contributed by atoms with van der Waals surface area (Å²) in [6.07, 6.45) is -2.07. The number of rotatable bonds is 4. The van der Waals surface area contributed by atoms with Crippen LogP contribution in [0.5, 0.6) is 0 Å². The summed E-state index contributed by atoms with van der Waals surface area (Å²) in [5, 5.41) is 41.6. The van der Waals surface area contributed by atoms with Crippen molar-refractivity contribution < 1.29 is 20.4 Å². The molecule has 1 aromatic carbocycles. The molecular formula is C14H18BrNO4. The van der Waals surface area contributed by atoms with Crippen LogP contribution in [0, 0.1) is 0 Å². The fraction of sp³-hybridized carbons (Fsp3) is 0.429. The van der Waals surface area contributed by atoms with Gasteiger partial charge in [-0.2, -0.15) is 0 Å². The van der Waals surface area contributed by atoms with Gasteiger partial charge in [-0.1, -0.05) is 34.1 Å². The van der Waals surface area contributed by atoms with E-state index >= 15 is 0 Å². The van der Waals surface area contributed by atoms with Crippen LogP contribution in [0.2, 0.25) is 0 Å². The van der Waals surface area contributed by atoms with Crippen molar-refractivity contribution in [1.82, 2.24) is 5.32 Å². The molecule has 20 heavy (non-hydrogen) atoms. The molecule has 0 aromatic heterocycles. The number of aliphatic hydroxyl groups is 4. The largest absolute Gasteiger partial charge is 0.392 e. The quantitative estimate of drug-likeness (QED) is 0.493. The van der Waals surface area contributed by atoms with Crippen molar-refractivity contribution >= 4 is 15.9 Å². The van der Waals surface area contributed by atoms with E-state index in [0.29, 0.717) is 12.1 Å². The molecule has 0 saturated heterocycles. The molecular weight excluding hydrogens is 326 g/mol. The molecule has 0 aliphatic heterocycles. The first-order valence-corrected chi connectivity index (χ1v) is 7.15. The molecule has 0 saturated carbocycles. The molecule has 0 amide bonds. The van der Waals surface area contributed by atoms with E-state index in [2.05, 4.69) is 21.2 Å². The Labute approximate surface area is 125 Å². The highest BCUT2D eigenvalue weighted by Crippen LogP contribution is 2.20. The summed E-state index contributed by atoms with van der Waals surface area (Å²) in [5.74, 6) is 0. The van der Waals surface area contributed by atoms with E-state index in [0.717, 1.165) is 10.0 Å². The van der Waals surface area contributed by atoms with Crippen LogP contribution in [0.3, 0.4) is 0 Å². The van der Waals surface area contributed by atoms with Gasteiger partial charge in [0.2, 0.25) is 0 Å². The predicted molar refractivity (Wildman–Crippen MR) is 78.0 cm³/mol. The zero-order valence-corrected chi connectivity index (χ0v) is 12.4. The fourth-order valence-electron chi connectivity index (χ4n) is 2.21. The van der Waals surface area contributed by atoms with Gasteiger partial charge in [0.25, 0.3) is 0 Å². The number of aliphatic hydroxyl groups excluding tert-OH is 4. The standard InChI is InChI=1S/C14H18BrNO4/c15-10-3-1-8(2-4-10)6-16-11-5-9(7-17)12(18)14(20)13(11)19/h1-5,11-14,16-20H,6-7H2. The average Bonchev–Trinajstić information content (AvgIpc) is 2.46. The van der Waals surface area contributed by atoms with Crippen LogP contribution >= 0.6 is 15.9 Å². The molecule has 2 rings (SSSR count). The molecule has 0 radical (unpaired) electrons. The lowest BCUT2D eigenvalue weighted by Crippen LogP contribution is -2.53. The molecule has 0 fully saturated rings. The van der Waals surface area contributed by atoms with Crippen molar-refractivity contribution in [2.24, 2.45) is 0 Å². The molecule has 4 atom stereocenters. The Bertz CT molecular complexity index is 477. The summed E-state index contributed by atoms with van der Waals surface area (Å²) in [5.41, 5.74) is 1.34. The van der Waals surface area contributed by atoms with Crippen molar-refractivity contribution in [3.63, 3.8) is 0 Å². The second-order valence-electron chi connectivity index (χ2n) is 4.86. The molecule has 6 heteroatoms. The molecule has 1 aromatic rings. The van der Waals surface area contributed by atoms with Gasteiger partial charge in [-0.05, 0) is 23.3 Å². The summed E-state index contributed by atoms with van der Waals surface area (Å²) >= 11 is 3.36. The third kappa shape index (κ3) is 3.46. The summed E-state index contributed by atoms with van der Waals surface area (Å²) in [4.78, 5) is 0. The highest BCUT2D eigenvalue weighted by atomic mass is 79.9. The lowest BCUT2D eigenvalue weighted by molar-refractivity contribution is -0.0643. The molecule has 5 nitrogen and oxygen atoms in total. The van der Waals surface area contributed by atoms with Crippen molar-refractivity contribution in [1.29, 1.82) is 0 Å². The van der Waals surface area contributed by atoms with Gasteiger partial charge in [0.1, 0.15) is 18.3 Å². The van der Waals surface area contributed by atoms with E-state index in [4.69, 9.17) is 5.11 Å². The van der Waals surface area contributed by atoms with Gasteiger partial charge in [-0.3, -0.25) is 0 Å². The Hall–Kier alpha value is -0.760. The second-order valence-corrected chi connectivity index (χ2v) is 5.77. The predicted octanol–water partition coefficient (Wildman–Crippen LogP) is -0.0777. The molecule has 1 aliphatic rings. The molecule has 110 valence electrons. The van der Waals surface area contributed by atoms with Crippen LogP contribution < -0.4 is 5.32 Å². The average molecular weight is 344 g/mol. The topological polar surface area (TPSA) is 93.0 Å². The van der Waals surface area contributed by atoms with E-state index in [1.165, 1.54) is 0 Å². The summed E-state index contributed by atoms with van der Waals surface area (Å²) in [6.45, 7) is 0.161. The minimum atomic E-state index is -1.30. The third-order valence-corrected chi connectivity index (χ3v) is 3.98. The maximum absolute atomic E-state index is 9.94. The number of hydrogen-bond donors (Lipinski definition) is 5. The van der Waals surface area contributed by atoms with Crippen LogP contribution in [-0.4, -0.2) is 51.4 Å². The fourth-order valence-corrected chi connectivity index (χ4v) is 2.47. The first-order chi connectivity index (χ1) is 9.52. The molecule has 0 heterocycles. The molecule has 0 spiro atoms. The first-order valence-electron chi connectivity index (χ1n) is 6.36. The van der Waals surface area contributed by atoms with Crippen LogP contribution in [0.15, 0.2) is 40.4 Å². The van der Waals surface area contributed by atoms with Crippen molar-refractivity contribution in [3.8, 4) is 0 Å². The molecule has 0 bridgehead atoms. The van der Waals surface area contributed by atoms with Gasteiger partial charge < -0.3 is 25.7 Å². The lowest BCUT2D eigenvalue weighted by Gasteiger charge is -2.34. The monoisotopic (exact) mass is 343 g/mol. The van der Waals surface area contributed by atoms with Crippen LogP contribution in [-0.2, 0) is 6.54 Å². The smallest absolute Gasteiger partial charge is 0.111 e. The van der Waals surface area contributed by atoms with Crippen LogP contribution in [0.25, 0.3) is 0 Å². The minimum absolute atomic E-state index is 0.316. The zero-order chi connectivity index (χ0) is 14.7. The van der Waals surface area contributed by atoms with Crippen molar-refractivity contribution in [2.45, 2.75) is 30.9 Å². The molecule has 5 N–H and O–H groups in total. The van der Waals surface area contributed by atoms with E-state index < -0.39 is 24.4 Å². The Morgan fingerprint density at radius 3 is 2.30 bits per heavy atom. The normalized spacial score (nSPS) is 30.1. The van der Waals surface area contributed by atoms with Crippen molar-refractivity contribution in [3.05, 3.63) is 46.0 Å². The van der Waals surface area contributed by atoms with Gasteiger partial charge in [-0.25, -0.2) is 0 Å².